The molecule has 0 heterocycles. The van der Waals surface area contributed by atoms with E-state index in [-0.39, 0.29) is 31.7 Å². The van der Waals surface area contributed by atoms with Crippen LogP contribution in [0.3, 0.4) is 0 Å². The first-order chi connectivity index (χ1) is 15.9. The molecule has 2 aromatic carbocycles. The van der Waals surface area contributed by atoms with E-state index in [9.17, 15) is 9.36 Å². The molecule has 2 aromatic rings. The lowest BCUT2D eigenvalue weighted by molar-refractivity contribution is -0.148. The summed E-state index contributed by atoms with van der Waals surface area (Å²) in [6.45, 7) is 8.38. The molecule has 0 bridgehead atoms. The number of carbonyl (C=O) groups is 1. The van der Waals surface area contributed by atoms with E-state index in [1.54, 1.807) is 13.8 Å². The van der Waals surface area contributed by atoms with Gasteiger partial charge in [-0.25, -0.2) is 0 Å². The minimum atomic E-state index is -3.50. The van der Waals surface area contributed by atoms with Crippen molar-refractivity contribution in [2.24, 2.45) is 5.92 Å². The van der Waals surface area contributed by atoms with Crippen LogP contribution in [0.2, 0.25) is 0 Å². The molecule has 0 saturated heterocycles. The molecule has 0 aromatic heterocycles. The maximum absolute atomic E-state index is 13.7. The van der Waals surface area contributed by atoms with E-state index in [2.05, 4.69) is 5.32 Å². The number of hydrogen-bond acceptors (Lipinski definition) is 6. The Kier molecular flexibility index (Phi) is 11.8. The number of benzene rings is 2. The maximum atomic E-state index is 13.7. The van der Waals surface area contributed by atoms with Crippen molar-refractivity contribution in [3.8, 4) is 0 Å². The van der Waals surface area contributed by atoms with E-state index in [0.29, 0.717) is 19.3 Å². The third-order valence-electron chi connectivity index (χ3n) is 5.16. The van der Waals surface area contributed by atoms with Gasteiger partial charge in [-0.3, -0.25) is 14.7 Å². The molecule has 0 aliphatic rings. The van der Waals surface area contributed by atoms with Gasteiger partial charge in [0.25, 0.3) is 0 Å². The molecule has 0 aliphatic carbocycles. The largest absolute Gasteiger partial charge is 0.460 e. The van der Waals surface area contributed by atoms with Crippen LogP contribution in [0.5, 0.6) is 0 Å². The van der Waals surface area contributed by atoms with Crippen LogP contribution < -0.4 is 5.32 Å². The fraction of sp³-hybridized carbons (Fsp3) is 0.500. The highest BCUT2D eigenvalue weighted by molar-refractivity contribution is 7.54. The zero-order valence-corrected chi connectivity index (χ0v) is 21.1. The molecule has 0 spiro atoms. The van der Waals surface area contributed by atoms with Crippen molar-refractivity contribution in [1.29, 1.82) is 0 Å². The molecule has 2 rings (SSSR count). The summed E-state index contributed by atoms with van der Waals surface area (Å²) in [5, 5.41) is 3.31. The Morgan fingerprint density at radius 1 is 0.909 bits per heavy atom. The summed E-state index contributed by atoms with van der Waals surface area (Å²) in [7, 11) is -3.50. The Bertz CT molecular complexity index is 850. The van der Waals surface area contributed by atoms with Gasteiger partial charge < -0.3 is 13.8 Å². The summed E-state index contributed by atoms with van der Waals surface area (Å²) in [5.41, 5.74) is 2.04. The van der Waals surface area contributed by atoms with Gasteiger partial charge in [0, 0.05) is 0 Å². The second-order valence-electron chi connectivity index (χ2n) is 8.36. The monoisotopic (exact) mass is 475 g/mol. The molecule has 0 aliphatic heterocycles. The van der Waals surface area contributed by atoms with Gasteiger partial charge >= 0.3 is 13.6 Å². The lowest BCUT2D eigenvalue weighted by Crippen LogP contribution is -2.45. The minimum absolute atomic E-state index is 0.194. The average molecular weight is 476 g/mol. The summed E-state index contributed by atoms with van der Waals surface area (Å²) in [5.74, 6) is -0.762. The first-order valence-electron chi connectivity index (χ1n) is 11.8. The molecule has 2 atom stereocenters. The third kappa shape index (κ3) is 9.42. The second kappa shape index (κ2) is 14.3. The fourth-order valence-corrected chi connectivity index (χ4v) is 5.59. The topological polar surface area (TPSA) is 73.9 Å². The predicted octanol–water partition coefficient (Wildman–Crippen LogP) is 5.96. The van der Waals surface area contributed by atoms with Crippen LogP contribution in [0.1, 0.15) is 51.7 Å². The number of rotatable bonds is 15. The standard InChI is InChI=1S/C26H38NO5P/c1-5-31-33(29,32-6-2)25(18-17-22-13-9-7-10-14-22)27-24(19-21(3)4)26(28)30-20-23-15-11-8-12-16-23/h7-16,21,24-25,27H,5-6,17-20H2,1-4H3/t24-,25?/m0/s1. The van der Waals surface area contributed by atoms with E-state index >= 15 is 0 Å². The molecular weight excluding hydrogens is 437 g/mol. The fourth-order valence-electron chi connectivity index (χ4n) is 3.62. The molecule has 0 amide bonds. The van der Waals surface area contributed by atoms with Crippen LogP contribution in [-0.2, 0) is 36.2 Å². The van der Waals surface area contributed by atoms with Crippen molar-refractivity contribution in [1.82, 2.24) is 5.32 Å². The van der Waals surface area contributed by atoms with Gasteiger partial charge in [0.2, 0.25) is 0 Å². The van der Waals surface area contributed by atoms with Crippen LogP contribution in [0.4, 0.5) is 0 Å². The smallest absolute Gasteiger partial charge is 0.347 e. The quantitative estimate of drug-likeness (QED) is 0.253. The van der Waals surface area contributed by atoms with Gasteiger partial charge in [0.1, 0.15) is 18.4 Å². The average Bonchev–Trinajstić information content (AvgIpc) is 2.80. The number of ether oxygens (including phenoxy) is 1. The van der Waals surface area contributed by atoms with Gasteiger partial charge in [0.05, 0.1) is 13.2 Å². The normalized spacial score (nSPS) is 13.6. The molecule has 6 nitrogen and oxygen atoms in total. The minimum Gasteiger partial charge on any atom is -0.460 e. The summed E-state index contributed by atoms with van der Waals surface area (Å²) < 4.78 is 30.6. The molecule has 0 radical (unpaired) electrons. The van der Waals surface area contributed by atoms with E-state index in [1.807, 2.05) is 74.5 Å². The molecular formula is C26H38NO5P. The van der Waals surface area contributed by atoms with Gasteiger partial charge in [0.15, 0.2) is 0 Å². The van der Waals surface area contributed by atoms with Crippen LogP contribution in [0, 0.1) is 5.92 Å². The van der Waals surface area contributed by atoms with Gasteiger partial charge in [-0.15, -0.1) is 0 Å². The molecule has 0 saturated carbocycles. The molecule has 1 N–H and O–H groups in total. The number of hydrogen-bond donors (Lipinski definition) is 1. The van der Waals surface area contributed by atoms with E-state index < -0.39 is 19.4 Å². The van der Waals surface area contributed by atoms with Crippen molar-refractivity contribution >= 4 is 13.6 Å². The third-order valence-corrected chi connectivity index (χ3v) is 7.57. The van der Waals surface area contributed by atoms with E-state index in [0.717, 1.165) is 11.1 Å². The summed E-state index contributed by atoms with van der Waals surface area (Å²) >= 11 is 0. The van der Waals surface area contributed by atoms with Crippen LogP contribution in [0.25, 0.3) is 0 Å². The van der Waals surface area contributed by atoms with Crippen LogP contribution >= 0.6 is 7.60 Å². The van der Waals surface area contributed by atoms with Crippen molar-refractivity contribution in [2.45, 2.75) is 65.4 Å². The van der Waals surface area contributed by atoms with Gasteiger partial charge in [-0.1, -0.05) is 74.5 Å². The SMILES string of the molecule is CCOP(=O)(OCC)C(CCc1ccccc1)N[C@@H](CC(C)C)C(=O)OCc1ccccc1. The van der Waals surface area contributed by atoms with Crippen molar-refractivity contribution in [3.63, 3.8) is 0 Å². The first kappa shape index (κ1) is 27.3. The number of aryl methyl sites for hydroxylation is 1. The maximum Gasteiger partial charge on any atom is 0.347 e. The summed E-state index contributed by atoms with van der Waals surface area (Å²) in [4.78, 5) is 13.0. The second-order valence-corrected chi connectivity index (χ2v) is 10.6. The highest BCUT2D eigenvalue weighted by Gasteiger charge is 2.38. The number of carbonyl (C=O) groups excluding carboxylic acids is 1. The summed E-state index contributed by atoms with van der Waals surface area (Å²) in [6.07, 6.45) is 1.73. The van der Waals surface area contributed by atoms with Crippen molar-refractivity contribution < 1.29 is 23.1 Å². The van der Waals surface area contributed by atoms with E-state index in [1.165, 1.54) is 0 Å². The Morgan fingerprint density at radius 2 is 1.45 bits per heavy atom. The molecule has 1 unspecified atom stereocenters. The van der Waals surface area contributed by atoms with Crippen LogP contribution in [0.15, 0.2) is 60.7 Å². The Labute approximate surface area is 198 Å². The summed E-state index contributed by atoms with van der Waals surface area (Å²) in [6, 6.07) is 18.9. The van der Waals surface area contributed by atoms with Crippen LogP contribution in [-0.4, -0.2) is 31.0 Å². The predicted molar refractivity (Wildman–Crippen MR) is 132 cm³/mol. The molecule has 33 heavy (non-hydrogen) atoms. The van der Waals surface area contributed by atoms with Crippen molar-refractivity contribution in [3.05, 3.63) is 71.8 Å². The van der Waals surface area contributed by atoms with E-state index in [4.69, 9.17) is 13.8 Å². The van der Waals surface area contributed by atoms with Gasteiger partial charge in [-0.2, -0.15) is 0 Å². The number of esters is 1. The lowest BCUT2D eigenvalue weighted by atomic mass is 10.0. The molecule has 182 valence electrons. The first-order valence-corrected chi connectivity index (χ1v) is 13.4. The molecule has 7 heteroatoms. The zero-order chi connectivity index (χ0) is 24.1. The molecule has 0 fully saturated rings. The highest BCUT2D eigenvalue weighted by atomic mass is 31.2. The Hall–Kier alpha value is -1.98. The zero-order valence-electron chi connectivity index (χ0n) is 20.2. The van der Waals surface area contributed by atoms with Gasteiger partial charge in [-0.05, 0) is 50.2 Å². The number of nitrogens with one attached hydrogen (secondary N) is 1. The Morgan fingerprint density at radius 3 is 1.97 bits per heavy atom. The highest BCUT2D eigenvalue weighted by Crippen LogP contribution is 2.53. The van der Waals surface area contributed by atoms with Crippen molar-refractivity contribution in [2.75, 3.05) is 13.2 Å². The lowest BCUT2D eigenvalue weighted by Gasteiger charge is -2.31. The Balaban J connectivity index is 2.20.